The minimum atomic E-state index is -0.739. The van der Waals surface area contributed by atoms with Crippen LogP contribution in [-0.2, 0) is 4.79 Å². The Morgan fingerprint density at radius 1 is 1.10 bits per heavy atom. The Hall–Kier alpha value is -2.15. The summed E-state index contributed by atoms with van der Waals surface area (Å²) in [7, 11) is 0. The zero-order valence-electron chi connectivity index (χ0n) is 12.5. The topological polar surface area (TPSA) is 57.5 Å². The molecule has 0 aromatic carbocycles. The molecular formula is C18H22O3. The second kappa shape index (κ2) is 14.3. The van der Waals surface area contributed by atoms with Crippen LogP contribution in [-0.4, -0.2) is 22.3 Å². The van der Waals surface area contributed by atoms with Gasteiger partial charge in [0.25, 0.3) is 0 Å². The molecule has 0 saturated carbocycles. The summed E-state index contributed by atoms with van der Waals surface area (Å²) in [5.74, 6) is 15.7. The highest BCUT2D eigenvalue weighted by Gasteiger charge is 1.93. The molecule has 0 fully saturated rings. The second-order valence-electron chi connectivity index (χ2n) is 4.56. The average Bonchev–Trinajstić information content (AvgIpc) is 2.42. The fourth-order valence-electron chi connectivity index (χ4n) is 1.34. The van der Waals surface area contributed by atoms with Crippen molar-refractivity contribution in [1.29, 1.82) is 0 Å². The molecule has 0 aromatic rings. The van der Waals surface area contributed by atoms with E-state index in [0.29, 0.717) is 25.7 Å². The van der Waals surface area contributed by atoms with E-state index in [0.717, 1.165) is 12.8 Å². The van der Waals surface area contributed by atoms with Crippen molar-refractivity contribution >= 4 is 5.97 Å². The quantitative estimate of drug-likeness (QED) is 0.410. The number of unbranched alkanes of at least 4 members (excludes halogenated alkanes) is 2. The smallest absolute Gasteiger partial charge is 0.303 e. The Morgan fingerprint density at radius 2 is 1.81 bits per heavy atom. The summed E-state index contributed by atoms with van der Waals surface area (Å²) < 4.78 is 0. The molecule has 2 N–H and O–H groups in total. The van der Waals surface area contributed by atoms with Crippen LogP contribution in [0.25, 0.3) is 0 Å². The van der Waals surface area contributed by atoms with Gasteiger partial charge in [-0.15, -0.1) is 0 Å². The van der Waals surface area contributed by atoms with Gasteiger partial charge >= 0.3 is 5.97 Å². The monoisotopic (exact) mass is 286 g/mol. The van der Waals surface area contributed by atoms with E-state index in [4.69, 9.17) is 10.2 Å². The number of allylic oxidation sites excluding steroid dienone is 2. The number of aliphatic hydroxyl groups is 1. The lowest BCUT2D eigenvalue weighted by molar-refractivity contribution is -0.137. The number of carboxylic acid groups (broad SMARTS) is 1. The molecule has 112 valence electrons. The number of aliphatic hydroxyl groups excluding tert-OH is 1. The molecule has 0 saturated heterocycles. The molecule has 0 aliphatic rings. The van der Waals surface area contributed by atoms with E-state index < -0.39 is 5.97 Å². The van der Waals surface area contributed by atoms with Crippen LogP contribution in [0.1, 0.15) is 51.9 Å². The van der Waals surface area contributed by atoms with Gasteiger partial charge in [0, 0.05) is 19.3 Å². The van der Waals surface area contributed by atoms with Crippen LogP contribution in [0.4, 0.5) is 0 Å². The Labute approximate surface area is 127 Å². The predicted molar refractivity (Wildman–Crippen MR) is 84.1 cm³/mol. The highest BCUT2D eigenvalue weighted by Crippen LogP contribution is 2.00. The van der Waals surface area contributed by atoms with Crippen molar-refractivity contribution in [2.75, 3.05) is 0 Å². The number of rotatable bonds is 8. The highest BCUT2D eigenvalue weighted by atomic mass is 16.4. The van der Waals surface area contributed by atoms with Gasteiger partial charge in [-0.05, 0) is 56.3 Å². The van der Waals surface area contributed by atoms with Crippen molar-refractivity contribution in [2.24, 2.45) is 0 Å². The number of hydrogen-bond donors (Lipinski definition) is 2. The van der Waals surface area contributed by atoms with Gasteiger partial charge in [0.15, 0.2) is 0 Å². The fourth-order valence-corrected chi connectivity index (χ4v) is 1.34. The summed E-state index contributed by atoms with van der Waals surface area (Å²) >= 11 is 0. The second-order valence-corrected chi connectivity index (χ2v) is 4.56. The van der Waals surface area contributed by atoms with Gasteiger partial charge in [-0.25, -0.2) is 0 Å². The number of carbonyl (C=O) groups is 1. The van der Waals surface area contributed by atoms with E-state index in [1.54, 1.807) is 6.92 Å². The van der Waals surface area contributed by atoms with Crippen LogP contribution >= 0.6 is 0 Å². The number of carboxylic acids is 1. The zero-order chi connectivity index (χ0) is 15.8. The van der Waals surface area contributed by atoms with E-state index in [-0.39, 0.29) is 12.5 Å². The van der Waals surface area contributed by atoms with Crippen LogP contribution in [0.5, 0.6) is 0 Å². The minimum Gasteiger partial charge on any atom is -0.481 e. The van der Waals surface area contributed by atoms with E-state index in [2.05, 4.69) is 35.5 Å². The van der Waals surface area contributed by atoms with Gasteiger partial charge in [-0.1, -0.05) is 24.0 Å². The van der Waals surface area contributed by atoms with Crippen LogP contribution in [0.15, 0.2) is 12.2 Å². The molecule has 0 heterocycles. The molecule has 0 bridgehead atoms. The molecule has 3 nitrogen and oxygen atoms in total. The molecule has 0 aliphatic carbocycles. The van der Waals surface area contributed by atoms with Crippen molar-refractivity contribution in [1.82, 2.24) is 0 Å². The Kier molecular flexibility index (Phi) is 12.8. The third-order valence-corrected chi connectivity index (χ3v) is 2.45. The SMILES string of the molecule is C[C@H](O)CCC#CC#CC#CCC=CCCCCC(=O)O. The Morgan fingerprint density at radius 3 is 2.48 bits per heavy atom. The van der Waals surface area contributed by atoms with E-state index in [1.165, 1.54) is 0 Å². The molecule has 1 atom stereocenters. The Balaban J connectivity index is 3.63. The maximum atomic E-state index is 10.3. The fraction of sp³-hybridized carbons (Fsp3) is 0.500. The summed E-state index contributed by atoms with van der Waals surface area (Å²) in [6.45, 7) is 1.73. The largest absolute Gasteiger partial charge is 0.481 e. The number of hydrogen-bond acceptors (Lipinski definition) is 2. The van der Waals surface area contributed by atoms with E-state index >= 15 is 0 Å². The van der Waals surface area contributed by atoms with Gasteiger partial charge in [-0.3, -0.25) is 4.79 Å². The molecular weight excluding hydrogens is 264 g/mol. The van der Waals surface area contributed by atoms with Crippen molar-refractivity contribution < 1.29 is 15.0 Å². The summed E-state index contributed by atoms with van der Waals surface area (Å²) in [4.78, 5) is 10.3. The van der Waals surface area contributed by atoms with Gasteiger partial charge in [-0.2, -0.15) is 0 Å². The molecule has 0 aromatic heterocycles. The van der Waals surface area contributed by atoms with E-state index in [1.807, 2.05) is 12.2 Å². The van der Waals surface area contributed by atoms with Crippen LogP contribution < -0.4 is 0 Å². The average molecular weight is 286 g/mol. The van der Waals surface area contributed by atoms with Crippen LogP contribution in [0.3, 0.4) is 0 Å². The molecule has 0 spiro atoms. The molecule has 21 heavy (non-hydrogen) atoms. The molecule has 0 unspecified atom stereocenters. The predicted octanol–water partition coefficient (Wildman–Crippen LogP) is 2.75. The molecule has 0 aliphatic heterocycles. The van der Waals surface area contributed by atoms with Gasteiger partial charge < -0.3 is 10.2 Å². The van der Waals surface area contributed by atoms with Crippen molar-refractivity contribution in [3.8, 4) is 35.5 Å². The molecule has 0 rings (SSSR count). The molecule has 0 radical (unpaired) electrons. The van der Waals surface area contributed by atoms with Crippen LogP contribution in [0.2, 0.25) is 0 Å². The molecule has 0 amide bonds. The first kappa shape index (κ1) is 18.9. The summed E-state index contributed by atoms with van der Waals surface area (Å²) in [6, 6.07) is 0. The first-order valence-electron chi connectivity index (χ1n) is 7.13. The third kappa shape index (κ3) is 17.9. The summed E-state index contributed by atoms with van der Waals surface area (Å²) in [5, 5.41) is 17.5. The Bertz CT molecular complexity index is 496. The molecule has 3 heteroatoms. The lowest BCUT2D eigenvalue weighted by Crippen LogP contribution is -1.96. The number of aliphatic carboxylic acids is 1. The first-order valence-corrected chi connectivity index (χ1v) is 7.13. The van der Waals surface area contributed by atoms with E-state index in [9.17, 15) is 4.79 Å². The lowest BCUT2D eigenvalue weighted by Gasteiger charge is -1.95. The summed E-state index contributed by atoms with van der Waals surface area (Å²) in [6.07, 6.45) is 8.33. The third-order valence-electron chi connectivity index (χ3n) is 2.45. The van der Waals surface area contributed by atoms with Crippen molar-refractivity contribution in [3.63, 3.8) is 0 Å². The van der Waals surface area contributed by atoms with Gasteiger partial charge in [0.2, 0.25) is 0 Å². The highest BCUT2D eigenvalue weighted by molar-refractivity contribution is 5.66. The van der Waals surface area contributed by atoms with Gasteiger partial charge in [0.05, 0.1) is 6.10 Å². The van der Waals surface area contributed by atoms with Crippen LogP contribution in [0, 0.1) is 35.5 Å². The normalized spacial score (nSPS) is 10.6. The zero-order valence-corrected chi connectivity index (χ0v) is 12.5. The van der Waals surface area contributed by atoms with Gasteiger partial charge in [0.1, 0.15) is 0 Å². The van der Waals surface area contributed by atoms with Crippen molar-refractivity contribution in [3.05, 3.63) is 12.2 Å². The summed E-state index contributed by atoms with van der Waals surface area (Å²) in [5.41, 5.74) is 0. The minimum absolute atomic E-state index is 0.238. The van der Waals surface area contributed by atoms with Crippen molar-refractivity contribution in [2.45, 2.75) is 58.0 Å². The lowest BCUT2D eigenvalue weighted by atomic mass is 10.2. The maximum absolute atomic E-state index is 10.3. The maximum Gasteiger partial charge on any atom is 0.303 e. The first-order chi connectivity index (χ1) is 10.1. The standard InChI is InChI=1S/C18H22O3/c1-17(19)15-13-11-9-7-5-3-2-4-6-8-10-12-14-16-18(20)21/h6,8,17,19H,4,10,12-16H2,1H3,(H,20,21)/t17-/m0/s1.